The highest BCUT2D eigenvalue weighted by Gasteiger charge is 2.29. The molecule has 0 atom stereocenters. The minimum atomic E-state index is -3.72. The molecule has 25 heavy (non-hydrogen) atoms. The van der Waals surface area contributed by atoms with Gasteiger partial charge in [0, 0.05) is 19.6 Å². The second kappa shape index (κ2) is 8.42. The van der Waals surface area contributed by atoms with Crippen LogP contribution >= 0.6 is 11.6 Å². The molecular formula is C16H21ClF2N2O3S. The lowest BCUT2D eigenvalue weighted by Crippen LogP contribution is -2.36. The Kier molecular flexibility index (Phi) is 6.76. The minimum absolute atomic E-state index is 0.0424. The molecule has 1 aliphatic rings. The van der Waals surface area contributed by atoms with Crippen LogP contribution in [0.2, 0.25) is 5.02 Å². The first-order valence-corrected chi connectivity index (χ1v) is 9.96. The Morgan fingerprint density at radius 3 is 2.52 bits per heavy atom. The maximum Gasteiger partial charge on any atom is 0.255 e. The van der Waals surface area contributed by atoms with Gasteiger partial charge in [-0.2, -0.15) is 4.31 Å². The first kappa shape index (κ1) is 20.1. The quantitative estimate of drug-likeness (QED) is 0.713. The summed E-state index contributed by atoms with van der Waals surface area (Å²) in [5.74, 6) is -0.689. The number of benzene rings is 1. The van der Waals surface area contributed by atoms with Gasteiger partial charge < -0.3 is 4.90 Å². The van der Waals surface area contributed by atoms with E-state index in [0.29, 0.717) is 19.5 Å². The van der Waals surface area contributed by atoms with Crippen LogP contribution < -0.4 is 0 Å². The van der Waals surface area contributed by atoms with Crippen LogP contribution in [0.25, 0.3) is 0 Å². The molecule has 0 N–H and O–H groups in total. The Hall–Kier alpha value is -1.25. The molecule has 0 spiro atoms. The largest absolute Gasteiger partial charge is 0.333 e. The fourth-order valence-electron chi connectivity index (χ4n) is 2.79. The second-order valence-electron chi connectivity index (χ2n) is 5.90. The van der Waals surface area contributed by atoms with Crippen molar-refractivity contribution >= 4 is 27.5 Å². The molecule has 5 nitrogen and oxygen atoms in total. The number of halogens is 3. The third-order valence-electron chi connectivity index (χ3n) is 4.01. The number of carbonyl (C=O) groups excluding carboxylic acids is 1. The SMILES string of the molecule is CCCN(CC(F)F)C(=O)c1cc(S(=O)(=O)N2CCCC2)ccc1Cl. The van der Waals surface area contributed by atoms with E-state index in [9.17, 15) is 22.0 Å². The second-order valence-corrected chi connectivity index (χ2v) is 8.24. The fourth-order valence-corrected chi connectivity index (χ4v) is 4.53. The summed E-state index contributed by atoms with van der Waals surface area (Å²) in [7, 11) is -3.72. The Labute approximate surface area is 151 Å². The molecule has 0 aromatic heterocycles. The maximum absolute atomic E-state index is 12.7. The van der Waals surface area contributed by atoms with E-state index in [4.69, 9.17) is 11.6 Å². The van der Waals surface area contributed by atoms with Gasteiger partial charge in [-0.25, -0.2) is 17.2 Å². The number of rotatable bonds is 7. The van der Waals surface area contributed by atoms with Crippen LogP contribution in [0.4, 0.5) is 8.78 Å². The van der Waals surface area contributed by atoms with Gasteiger partial charge in [0.1, 0.15) is 0 Å². The van der Waals surface area contributed by atoms with Crippen molar-refractivity contribution in [3.05, 3.63) is 28.8 Å². The number of sulfonamides is 1. The molecule has 0 aliphatic carbocycles. The smallest absolute Gasteiger partial charge is 0.255 e. The predicted molar refractivity (Wildman–Crippen MR) is 91.6 cm³/mol. The van der Waals surface area contributed by atoms with Crippen LogP contribution in [-0.2, 0) is 10.0 Å². The van der Waals surface area contributed by atoms with Crippen molar-refractivity contribution in [3.8, 4) is 0 Å². The summed E-state index contributed by atoms with van der Waals surface area (Å²) in [5, 5.41) is 0.0424. The number of alkyl halides is 2. The minimum Gasteiger partial charge on any atom is -0.333 e. The van der Waals surface area contributed by atoms with Crippen molar-refractivity contribution < 1.29 is 22.0 Å². The fraction of sp³-hybridized carbons (Fsp3) is 0.562. The van der Waals surface area contributed by atoms with Crippen molar-refractivity contribution in [1.82, 2.24) is 9.21 Å². The average Bonchev–Trinajstić information content (AvgIpc) is 3.09. The molecule has 1 heterocycles. The highest BCUT2D eigenvalue weighted by molar-refractivity contribution is 7.89. The monoisotopic (exact) mass is 394 g/mol. The molecule has 0 saturated carbocycles. The van der Waals surface area contributed by atoms with E-state index in [-0.39, 0.29) is 22.0 Å². The molecule has 1 amide bonds. The van der Waals surface area contributed by atoms with Crippen LogP contribution in [0.15, 0.2) is 23.1 Å². The number of hydrogen-bond donors (Lipinski definition) is 0. The molecule has 9 heteroatoms. The molecular weight excluding hydrogens is 374 g/mol. The summed E-state index contributed by atoms with van der Waals surface area (Å²) in [5.41, 5.74) is -0.0731. The Morgan fingerprint density at radius 1 is 1.32 bits per heavy atom. The van der Waals surface area contributed by atoms with Gasteiger partial charge in [-0.1, -0.05) is 18.5 Å². The summed E-state index contributed by atoms with van der Waals surface area (Å²) < 4.78 is 52.1. The summed E-state index contributed by atoms with van der Waals surface area (Å²) >= 11 is 6.04. The molecule has 140 valence electrons. The first-order chi connectivity index (χ1) is 11.8. The Bertz CT molecular complexity index is 722. The van der Waals surface area contributed by atoms with Crippen LogP contribution in [0, 0.1) is 0 Å². The Morgan fingerprint density at radius 2 is 1.96 bits per heavy atom. The zero-order chi connectivity index (χ0) is 18.6. The van der Waals surface area contributed by atoms with Gasteiger partial charge in [0.15, 0.2) is 0 Å². The Balaban J connectivity index is 2.36. The molecule has 0 bridgehead atoms. The highest BCUT2D eigenvalue weighted by Crippen LogP contribution is 2.26. The van der Waals surface area contributed by atoms with Crippen LogP contribution in [0.1, 0.15) is 36.5 Å². The lowest BCUT2D eigenvalue weighted by Gasteiger charge is -2.23. The standard InChI is InChI=1S/C16H21ClF2N2O3S/c1-2-7-20(11-15(18)19)16(22)13-10-12(5-6-14(13)17)25(23,24)21-8-3-4-9-21/h5-6,10,15H,2-4,7-9,11H2,1H3. The van der Waals surface area contributed by atoms with Gasteiger partial charge in [-0.15, -0.1) is 0 Å². The van der Waals surface area contributed by atoms with Gasteiger partial charge in [0.25, 0.3) is 12.3 Å². The van der Waals surface area contributed by atoms with Crippen molar-refractivity contribution in [2.75, 3.05) is 26.2 Å². The molecule has 1 aliphatic heterocycles. The lowest BCUT2D eigenvalue weighted by molar-refractivity contribution is 0.0555. The van der Waals surface area contributed by atoms with E-state index in [2.05, 4.69) is 0 Å². The summed E-state index contributed by atoms with van der Waals surface area (Å²) in [6, 6.07) is 3.85. The van der Waals surface area contributed by atoms with Crippen molar-refractivity contribution in [3.63, 3.8) is 0 Å². The van der Waals surface area contributed by atoms with Crippen LogP contribution in [0.3, 0.4) is 0 Å². The lowest BCUT2D eigenvalue weighted by atomic mass is 10.2. The number of nitrogens with zero attached hydrogens (tertiary/aromatic N) is 2. The molecule has 1 aromatic carbocycles. The summed E-state index contributed by atoms with van der Waals surface area (Å²) in [4.78, 5) is 13.5. The summed E-state index contributed by atoms with van der Waals surface area (Å²) in [6.07, 6.45) is -0.595. The summed E-state index contributed by atoms with van der Waals surface area (Å²) in [6.45, 7) is 2.06. The van der Waals surface area contributed by atoms with E-state index >= 15 is 0 Å². The van der Waals surface area contributed by atoms with Crippen molar-refractivity contribution in [1.29, 1.82) is 0 Å². The van der Waals surface area contributed by atoms with Gasteiger partial charge in [-0.05, 0) is 37.5 Å². The van der Waals surface area contributed by atoms with E-state index in [1.165, 1.54) is 22.5 Å². The highest BCUT2D eigenvalue weighted by atomic mass is 35.5. The van der Waals surface area contributed by atoms with E-state index in [1.54, 1.807) is 6.92 Å². The van der Waals surface area contributed by atoms with E-state index in [0.717, 1.165) is 17.7 Å². The van der Waals surface area contributed by atoms with E-state index in [1.807, 2.05) is 0 Å². The molecule has 1 aromatic rings. The maximum atomic E-state index is 12.7. The van der Waals surface area contributed by atoms with Gasteiger partial charge in [0.2, 0.25) is 10.0 Å². The van der Waals surface area contributed by atoms with Crippen LogP contribution in [0.5, 0.6) is 0 Å². The zero-order valence-electron chi connectivity index (χ0n) is 13.9. The predicted octanol–water partition coefficient (Wildman–Crippen LogP) is 3.24. The molecule has 2 rings (SSSR count). The van der Waals surface area contributed by atoms with Crippen LogP contribution in [-0.4, -0.2) is 56.1 Å². The van der Waals surface area contributed by atoms with E-state index < -0.39 is 28.9 Å². The molecule has 0 radical (unpaired) electrons. The third kappa shape index (κ3) is 4.68. The van der Waals surface area contributed by atoms with Crippen molar-refractivity contribution in [2.24, 2.45) is 0 Å². The number of amides is 1. The average molecular weight is 395 g/mol. The van der Waals surface area contributed by atoms with Crippen molar-refractivity contribution in [2.45, 2.75) is 37.5 Å². The molecule has 1 saturated heterocycles. The normalized spacial score (nSPS) is 15.7. The van der Waals surface area contributed by atoms with Gasteiger partial charge in [-0.3, -0.25) is 4.79 Å². The molecule has 1 fully saturated rings. The topological polar surface area (TPSA) is 57.7 Å². The number of carbonyl (C=O) groups is 1. The molecule has 0 unspecified atom stereocenters. The third-order valence-corrected chi connectivity index (χ3v) is 6.23. The van der Waals surface area contributed by atoms with Gasteiger partial charge in [0.05, 0.1) is 22.0 Å². The van der Waals surface area contributed by atoms with Gasteiger partial charge >= 0.3 is 0 Å². The zero-order valence-corrected chi connectivity index (χ0v) is 15.5. The first-order valence-electron chi connectivity index (χ1n) is 8.14. The number of hydrogen-bond acceptors (Lipinski definition) is 3.